The largest absolute Gasteiger partial charge is 0.385 e. The van der Waals surface area contributed by atoms with Gasteiger partial charge in [-0.25, -0.2) is 0 Å². The molecule has 1 aliphatic rings. The van der Waals surface area contributed by atoms with Crippen LogP contribution in [0, 0.1) is 0 Å². The maximum Gasteiger partial charge on any atom is 0.0474 e. The molecule has 3 nitrogen and oxygen atoms in total. The summed E-state index contributed by atoms with van der Waals surface area (Å²) in [5, 5.41) is 0. The Bertz CT molecular complexity index is 158. The first-order chi connectivity index (χ1) is 7.83. The summed E-state index contributed by atoms with van der Waals surface area (Å²) < 4.78 is 5.06. The molecule has 96 valence electrons. The van der Waals surface area contributed by atoms with Crippen LogP contribution in [0.3, 0.4) is 0 Å². The van der Waals surface area contributed by atoms with Crippen molar-refractivity contribution in [2.75, 3.05) is 53.5 Å². The van der Waals surface area contributed by atoms with E-state index in [4.69, 9.17) is 4.74 Å². The van der Waals surface area contributed by atoms with Gasteiger partial charge >= 0.3 is 0 Å². The van der Waals surface area contributed by atoms with Gasteiger partial charge in [0.15, 0.2) is 0 Å². The minimum atomic E-state index is 0.885. The van der Waals surface area contributed by atoms with Crippen LogP contribution in [0.4, 0.5) is 0 Å². The molecule has 0 aromatic heterocycles. The minimum absolute atomic E-state index is 0.885. The van der Waals surface area contributed by atoms with Crippen molar-refractivity contribution >= 4 is 0 Å². The van der Waals surface area contributed by atoms with Crippen molar-refractivity contribution in [3.63, 3.8) is 0 Å². The Kier molecular flexibility index (Phi) is 7.81. The maximum atomic E-state index is 5.06. The zero-order chi connectivity index (χ0) is 11.6. The molecule has 1 saturated heterocycles. The van der Waals surface area contributed by atoms with Gasteiger partial charge in [0, 0.05) is 20.3 Å². The molecule has 0 amide bonds. The number of hydrogen-bond acceptors (Lipinski definition) is 3. The van der Waals surface area contributed by atoms with Gasteiger partial charge in [0.2, 0.25) is 0 Å². The highest BCUT2D eigenvalue weighted by atomic mass is 16.5. The molecule has 0 spiro atoms. The smallest absolute Gasteiger partial charge is 0.0474 e. The second kappa shape index (κ2) is 8.97. The van der Waals surface area contributed by atoms with Crippen LogP contribution >= 0.6 is 0 Å². The molecule has 0 N–H and O–H groups in total. The van der Waals surface area contributed by atoms with Crippen LogP contribution in [0.1, 0.15) is 32.1 Å². The summed E-state index contributed by atoms with van der Waals surface area (Å²) >= 11 is 0. The Morgan fingerprint density at radius 3 is 2.44 bits per heavy atom. The van der Waals surface area contributed by atoms with E-state index in [2.05, 4.69) is 16.8 Å². The lowest BCUT2D eigenvalue weighted by Gasteiger charge is -2.27. The first-order valence-electron chi connectivity index (χ1n) is 6.73. The van der Waals surface area contributed by atoms with E-state index in [9.17, 15) is 0 Å². The zero-order valence-electron chi connectivity index (χ0n) is 11.1. The second-order valence-electron chi connectivity index (χ2n) is 4.91. The Morgan fingerprint density at radius 2 is 1.75 bits per heavy atom. The molecule has 16 heavy (non-hydrogen) atoms. The van der Waals surface area contributed by atoms with Gasteiger partial charge in [-0.3, -0.25) is 0 Å². The molecular formula is C13H28N2O. The number of rotatable bonds is 8. The topological polar surface area (TPSA) is 15.7 Å². The number of nitrogens with zero attached hydrogens (tertiary/aromatic N) is 2. The van der Waals surface area contributed by atoms with Gasteiger partial charge in [0.05, 0.1) is 0 Å². The van der Waals surface area contributed by atoms with Crippen molar-refractivity contribution in [3.05, 3.63) is 0 Å². The van der Waals surface area contributed by atoms with Crippen LogP contribution in [0.15, 0.2) is 0 Å². The summed E-state index contributed by atoms with van der Waals surface area (Å²) in [6.07, 6.45) is 6.71. The van der Waals surface area contributed by atoms with E-state index in [0.29, 0.717) is 0 Å². The van der Waals surface area contributed by atoms with Gasteiger partial charge in [-0.05, 0) is 58.9 Å². The van der Waals surface area contributed by atoms with Gasteiger partial charge < -0.3 is 14.5 Å². The molecule has 0 unspecified atom stereocenters. The van der Waals surface area contributed by atoms with Crippen molar-refractivity contribution < 1.29 is 4.74 Å². The molecule has 0 aliphatic carbocycles. The first kappa shape index (κ1) is 13.9. The van der Waals surface area contributed by atoms with Crippen molar-refractivity contribution in [3.8, 4) is 0 Å². The molecular weight excluding hydrogens is 200 g/mol. The highest BCUT2D eigenvalue weighted by Crippen LogP contribution is 2.08. The van der Waals surface area contributed by atoms with Crippen LogP contribution in [-0.4, -0.2) is 63.3 Å². The lowest BCUT2D eigenvalue weighted by molar-refractivity contribution is 0.174. The molecule has 0 saturated carbocycles. The van der Waals surface area contributed by atoms with E-state index in [-0.39, 0.29) is 0 Å². The SMILES string of the molecule is COCCCN(C)CCCN1CCCCC1. The molecule has 1 fully saturated rings. The van der Waals surface area contributed by atoms with Gasteiger partial charge in [-0.1, -0.05) is 6.42 Å². The fraction of sp³-hybridized carbons (Fsp3) is 1.00. The van der Waals surface area contributed by atoms with Crippen molar-refractivity contribution in [2.45, 2.75) is 32.1 Å². The Morgan fingerprint density at radius 1 is 1.06 bits per heavy atom. The number of ether oxygens (including phenoxy) is 1. The predicted octanol–water partition coefficient (Wildman–Crippen LogP) is 1.83. The maximum absolute atomic E-state index is 5.06. The summed E-state index contributed by atoms with van der Waals surface area (Å²) in [4.78, 5) is 5.04. The Balaban J connectivity index is 1.92. The fourth-order valence-corrected chi connectivity index (χ4v) is 2.34. The van der Waals surface area contributed by atoms with E-state index in [1.807, 2.05) is 0 Å². The van der Waals surface area contributed by atoms with Crippen molar-refractivity contribution in [2.24, 2.45) is 0 Å². The second-order valence-corrected chi connectivity index (χ2v) is 4.91. The molecule has 1 aliphatic heterocycles. The standard InChI is InChI=1S/C13H28N2O/c1-14(9-7-13-16-2)8-6-12-15-10-4-3-5-11-15/h3-13H2,1-2H3. The highest BCUT2D eigenvalue weighted by Gasteiger charge is 2.09. The van der Waals surface area contributed by atoms with E-state index in [1.54, 1.807) is 7.11 Å². The molecule has 3 heteroatoms. The summed E-state index contributed by atoms with van der Waals surface area (Å²) in [5.41, 5.74) is 0. The number of methoxy groups -OCH3 is 1. The molecule has 1 rings (SSSR count). The average Bonchev–Trinajstić information content (AvgIpc) is 2.31. The van der Waals surface area contributed by atoms with E-state index in [0.717, 1.165) is 19.6 Å². The molecule has 1 heterocycles. The first-order valence-corrected chi connectivity index (χ1v) is 6.73. The van der Waals surface area contributed by atoms with E-state index in [1.165, 1.54) is 51.9 Å². The number of hydrogen-bond donors (Lipinski definition) is 0. The highest BCUT2D eigenvalue weighted by molar-refractivity contribution is 4.65. The van der Waals surface area contributed by atoms with Gasteiger partial charge in [0.1, 0.15) is 0 Å². The minimum Gasteiger partial charge on any atom is -0.385 e. The molecule has 0 bridgehead atoms. The van der Waals surface area contributed by atoms with Gasteiger partial charge in [-0.15, -0.1) is 0 Å². The Hall–Kier alpha value is -0.120. The third-order valence-corrected chi connectivity index (χ3v) is 3.35. The van der Waals surface area contributed by atoms with Crippen molar-refractivity contribution in [1.82, 2.24) is 9.80 Å². The van der Waals surface area contributed by atoms with Crippen LogP contribution in [0.25, 0.3) is 0 Å². The summed E-state index contributed by atoms with van der Waals surface area (Å²) in [6.45, 7) is 7.21. The number of piperidine rings is 1. The third kappa shape index (κ3) is 6.46. The zero-order valence-corrected chi connectivity index (χ0v) is 11.1. The molecule has 0 aromatic carbocycles. The normalized spacial score (nSPS) is 18.2. The molecule has 0 radical (unpaired) electrons. The molecule has 0 aromatic rings. The lowest BCUT2D eigenvalue weighted by atomic mass is 10.1. The third-order valence-electron chi connectivity index (χ3n) is 3.35. The fourth-order valence-electron chi connectivity index (χ4n) is 2.34. The van der Waals surface area contributed by atoms with E-state index >= 15 is 0 Å². The summed E-state index contributed by atoms with van der Waals surface area (Å²) in [5.74, 6) is 0. The Labute approximate surface area is 101 Å². The van der Waals surface area contributed by atoms with Crippen LogP contribution < -0.4 is 0 Å². The van der Waals surface area contributed by atoms with Gasteiger partial charge in [-0.2, -0.15) is 0 Å². The van der Waals surface area contributed by atoms with Gasteiger partial charge in [0.25, 0.3) is 0 Å². The van der Waals surface area contributed by atoms with Crippen LogP contribution in [-0.2, 0) is 4.74 Å². The monoisotopic (exact) mass is 228 g/mol. The summed E-state index contributed by atoms with van der Waals surface area (Å²) in [6, 6.07) is 0. The van der Waals surface area contributed by atoms with Crippen LogP contribution in [0.2, 0.25) is 0 Å². The molecule has 0 atom stereocenters. The van der Waals surface area contributed by atoms with Crippen molar-refractivity contribution in [1.29, 1.82) is 0 Å². The summed E-state index contributed by atoms with van der Waals surface area (Å²) in [7, 11) is 3.99. The predicted molar refractivity (Wildman–Crippen MR) is 68.9 cm³/mol. The van der Waals surface area contributed by atoms with Crippen LogP contribution in [0.5, 0.6) is 0 Å². The quantitative estimate of drug-likeness (QED) is 0.590. The average molecular weight is 228 g/mol. The van der Waals surface area contributed by atoms with E-state index < -0.39 is 0 Å². The number of likely N-dealkylation sites (tertiary alicyclic amines) is 1. The lowest BCUT2D eigenvalue weighted by Crippen LogP contribution is -2.32.